The molecule has 6 heteroatoms. The predicted octanol–water partition coefficient (Wildman–Crippen LogP) is 3.04. The second kappa shape index (κ2) is 5.87. The van der Waals surface area contributed by atoms with Crippen molar-refractivity contribution in [1.29, 1.82) is 0 Å². The van der Waals surface area contributed by atoms with E-state index in [4.69, 9.17) is 16.7 Å². The molecule has 2 aromatic carbocycles. The van der Waals surface area contributed by atoms with Gasteiger partial charge in [-0.05, 0) is 35.4 Å². The highest BCUT2D eigenvalue weighted by Crippen LogP contribution is 2.30. The van der Waals surface area contributed by atoms with E-state index in [2.05, 4.69) is 0 Å². The maximum atomic E-state index is 11.6. The highest BCUT2D eigenvalue weighted by molar-refractivity contribution is 7.90. The lowest BCUT2D eigenvalue weighted by Gasteiger charge is -2.08. The Kier molecular flexibility index (Phi) is 4.34. The minimum Gasteiger partial charge on any atom is -0.481 e. The van der Waals surface area contributed by atoms with E-state index in [-0.39, 0.29) is 11.3 Å². The van der Waals surface area contributed by atoms with Gasteiger partial charge in [0.25, 0.3) is 0 Å². The van der Waals surface area contributed by atoms with E-state index in [0.717, 1.165) is 6.26 Å². The second-order valence-electron chi connectivity index (χ2n) is 4.68. The summed E-state index contributed by atoms with van der Waals surface area (Å²) in [6.45, 7) is 0. The van der Waals surface area contributed by atoms with Gasteiger partial charge in [-0.1, -0.05) is 29.8 Å². The molecule has 110 valence electrons. The van der Waals surface area contributed by atoms with E-state index in [1.54, 1.807) is 30.3 Å². The molecule has 21 heavy (non-hydrogen) atoms. The van der Waals surface area contributed by atoms with Crippen LogP contribution < -0.4 is 0 Å². The lowest BCUT2D eigenvalue weighted by atomic mass is 10.0. The van der Waals surface area contributed by atoms with Crippen LogP contribution >= 0.6 is 11.6 Å². The van der Waals surface area contributed by atoms with Gasteiger partial charge >= 0.3 is 5.97 Å². The number of halogens is 1. The number of aliphatic carboxylic acids is 1. The maximum absolute atomic E-state index is 11.6. The molecule has 0 aliphatic rings. The molecule has 0 aliphatic heterocycles. The number of carboxylic acid groups (broad SMARTS) is 1. The molecule has 0 unspecified atom stereocenters. The largest absolute Gasteiger partial charge is 0.481 e. The quantitative estimate of drug-likeness (QED) is 0.938. The Balaban J connectivity index is 2.53. The molecule has 0 aromatic heterocycles. The average Bonchev–Trinajstić information content (AvgIpc) is 2.39. The van der Waals surface area contributed by atoms with Gasteiger partial charge in [-0.25, -0.2) is 8.42 Å². The van der Waals surface area contributed by atoms with Gasteiger partial charge in [-0.15, -0.1) is 0 Å². The number of benzene rings is 2. The number of carboxylic acids is 1. The Morgan fingerprint density at radius 2 is 1.90 bits per heavy atom. The first-order chi connectivity index (χ1) is 9.77. The van der Waals surface area contributed by atoms with Crippen molar-refractivity contribution in [1.82, 2.24) is 0 Å². The normalized spacial score (nSPS) is 11.3. The summed E-state index contributed by atoms with van der Waals surface area (Å²) >= 11 is 6.14. The van der Waals surface area contributed by atoms with Gasteiger partial charge in [0.1, 0.15) is 0 Å². The minimum absolute atomic E-state index is 0.115. The van der Waals surface area contributed by atoms with Crippen LogP contribution in [0.3, 0.4) is 0 Å². The van der Waals surface area contributed by atoms with Crippen molar-refractivity contribution in [2.24, 2.45) is 0 Å². The zero-order valence-electron chi connectivity index (χ0n) is 11.2. The number of rotatable bonds is 4. The van der Waals surface area contributed by atoms with E-state index in [0.29, 0.717) is 21.7 Å². The molecule has 0 saturated carbocycles. The summed E-state index contributed by atoms with van der Waals surface area (Å²) in [5.41, 5.74) is 1.85. The lowest BCUT2D eigenvalue weighted by Crippen LogP contribution is -2.00. The molecule has 0 fully saturated rings. The summed E-state index contributed by atoms with van der Waals surface area (Å²) in [6.07, 6.45) is 1.02. The predicted molar refractivity (Wildman–Crippen MR) is 81.3 cm³/mol. The van der Waals surface area contributed by atoms with Crippen LogP contribution in [0.25, 0.3) is 11.1 Å². The Morgan fingerprint density at radius 3 is 2.52 bits per heavy atom. The molecular formula is C15H13ClO4S. The molecule has 4 nitrogen and oxygen atoms in total. The molecule has 0 spiro atoms. The van der Waals surface area contributed by atoms with Crippen molar-refractivity contribution in [3.63, 3.8) is 0 Å². The van der Waals surface area contributed by atoms with Crippen LogP contribution in [0.2, 0.25) is 5.02 Å². The first kappa shape index (κ1) is 15.5. The van der Waals surface area contributed by atoms with Gasteiger partial charge in [0.15, 0.2) is 9.84 Å². The Bertz CT molecular complexity index is 797. The Hall–Kier alpha value is -1.85. The highest BCUT2D eigenvalue weighted by atomic mass is 35.5. The van der Waals surface area contributed by atoms with Gasteiger partial charge in [-0.3, -0.25) is 4.79 Å². The van der Waals surface area contributed by atoms with Crippen molar-refractivity contribution >= 4 is 27.4 Å². The van der Waals surface area contributed by atoms with Crippen LogP contribution in [0, 0.1) is 0 Å². The molecule has 2 rings (SSSR count). The average molecular weight is 325 g/mol. The van der Waals surface area contributed by atoms with Crippen molar-refractivity contribution in [3.8, 4) is 11.1 Å². The fourth-order valence-corrected chi connectivity index (χ4v) is 2.87. The molecule has 0 amide bonds. The Labute approximate surface area is 127 Å². The topological polar surface area (TPSA) is 71.4 Å². The number of sulfone groups is 1. The zero-order valence-corrected chi connectivity index (χ0v) is 12.8. The molecule has 2 aromatic rings. The first-order valence-electron chi connectivity index (χ1n) is 6.08. The van der Waals surface area contributed by atoms with E-state index in [1.807, 2.05) is 0 Å². The number of hydrogen-bond donors (Lipinski definition) is 1. The summed E-state index contributed by atoms with van der Waals surface area (Å²) < 4.78 is 23.2. The molecular weight excluding hydrogens is 312 g/mol. The molecule has 0 saturated heterocycles. The molecule has 0 aliphatic carbocycles. The SMILES string of the molecule is CS(=O)(=O)c1cccc(-c2cc(CC(=O)O)ccc2Cl)c1. The van der Waals surface area contributed by atoms with Crippen LogP contribution in [-0.4, -0.2) is 25.7 Å². The van der Waals surface area contributed by atoms with Crippen molar-refractivity contribution in [3.05, 3.63) is 53.1 Å². The van der Waals surface area contributed by atoms with Gasteiger partial charge in [0.2, 0.25) is 0 Å². The lowest BCUT2D eigenvalue weighted by molar-refractivity contribution is -0.136. The minimum atomic E-state index is -3.31. The highest BCUT2D eigenvalue weighted by Gasteiger charge is 2.11. The molecule has 0 atom stereocenters. The smallest absolute Gasteiger partial charge is 0.307 e. The van der Waals surface area contributed by atoms with Crippen molar-refractivity contribution in [2.45, 2.75) is 11.3 Å². The summed E-state index contributed by atoms with van der Waals surface area (Å²) in [6, 6.07) is 11.3. The first-order valence-corrected chi connectivity index (χ1v) is 8.35. The third kappa shape index (κ3) is 3.83. The van der Waals surface area contributed by atoms with Gasteiger partial charge in [-0.2, -0.15) is 0 Å². The molecule has 0 radical (unpaired) electrons. The van der Waals surface area contributed by atoms with E-state index in [1.165, 1.54) is 12.1 Å². The third-order valence-corrected chi connectivity index (χ3v) is 4.40. The molecule has 0 bridgehead atoms. The monoisotopic (exact) mass is 324 g/mol. The maximum Gasteiger partial charge on any atom is 0.307 e. The van der Waals surface area contributed by atoms with Crippen LogP contribution in [0.15, 0.2) is 47.4 Å². The Morgan fingerprint density at radius 1 is 1.19 bits per heavy atom. The van der Waals surface area contributed by atoms with Gasteiger partial charge < -0.3 is 5.11 Å². The summed E-state index contributed by atoms with van der Waals surface area (Å²) in [5, 5.41) is 9.28. The summed E-state index contributed by atoms with van der Waals surface area (Å²) in [7, 11) is -3.31. The summed E-state index contributed by atoms with van der Waals surface area (Å²) in [5.74, 6) is -0.937. The van der Waals surface area contributed by atoms with Crippen LogP contribution in [0.4, 0.5) is 0 Å². The van der Waals surface area contributed by atoms with Crippen molar-refractivity contribution < 1.29 is 18.3 Å². The molecule has 0 heterocycles. The fourth-order valence-electron chi connectivity index (χ4n) is 1.97. The van der Waals surface area contributed by atoms with E-state index in [9.17, 15) is 13.2 Å². The number of carbonyl (C=O) groups is 1. The molecule has 1 N–H and O–H groups in total. The van der Waals surface area contributed by atoms with Gasteiger partial charge in [0.05, 0.1) is 11.3 Å². The summed E-state index contributed by atoms with van der Waals surface area (Å²) in [4.78, 5) is 11.0. The number of hydrogen-bond acceptors (Lipinski definition) is 3. The van der Waals surface area contributed by atoms with Crippen LogP contribution in [-0.2, 0) is 21.1 Å². The standard InChI is InChI=1S/C15H13ClO4S/c1-21(19,20)12-4-2-3-11(9-12)13-7-10(8-15(17)18)5-6-14(13)16/h2-7,9H,8H2,1H3,(H,17,18). The van der Waals surface area contributed by atoms with E-state index < -0.39 is 15.8 Å². The third-order valence-electron chi connectivity index (χ3n) is 2.96. The second-order valence-corrected chi connectivity index (χ2v) is 7.11. The fraction of sp³-hybridized carbons (Fsp3) is 0.133. The van der Waals surface area contributed by atoms with Crippen LogP contribution in [0.5, 0.6) is 0 Å². The van der Waals surface area contributed by atoms with Crippen LogP contribution in [0.1, 0.15) is 5.56 Å². The van der Waals surface area contributed by atoms with Gasteiger partial charge in [0, 0.05) is 16.8 Å². The van der Waals surface area contributed by atoms with Crippen molar-refractivity contribution in [2.75, 3.05) is 6.26 Å². The zero-order chi connectivity index (χ0) is 15.6. The van der Waals surface area contributed by atoms with E-state index >= 15 is 0 Å².